The van der Waals surface area contributed by atoms with Gasteiger partial charge in [0.2, 0.25) is 0 Å². The number of aryl methyl sites for hydroxylation is 2. The summed E-state index contributed by atoms with van der Waals surface area (Å²) in [4.78, 5) is 6.01. The van der Waals surface area contributed by atoms with E-state index in [0.717, 1.165) is 44.1 Å². The number of nitrogens with one attached hydrogen (secondary N) is 3. The molecule has 0 fully saturated rings. The van der Waals surface area contributed by atoms with Gasteiger partial charge in [-0.15, -0.1) is 11.8 Å². The van der Waals surface area contributed by atoms with E-state index in [-0.39, 0.29) is 0 Å². The molecule has 0 bridgehead atoms. The molecule has 136 valence electrons. The molecule has 0 saturated heterocycles. The number of aromatic nitrogens is 2. The van der Waals surface area contributed by atoms with Crippen LogP contribution in [0.3, 0.4) is 0 Å². The molecular weight excluding hydrogens is 330 g/mol. The Morgan fingerprint density at radius 2 is 2.08 bits per heavy atom. The lowest BCUT2D eigenvalue weighted by Gasteiger charge is -2.13. The Balaban J connectivity index is 1.74. The van der Waals surface area contributed by atoms with Crippen LogP contribution in [0.2, 0.25) is 0 Å². The monoisotopic (exact) mass is 359 g/mol. The summed E-state index contributed by atoms with van der Waals surface area (Å²) >= 11 is 1.86. The molecule has 1 aromatic heterocycles. The van der Waals surface area contributed by atoms with Gasteiger partial charge in [-0.05, 0) is 44.4 Å². The molecule has 0 aliphatic rings. The van der Waals surface area contributed by atoms with E-state index in [4.69, 9.17) is 4.99 Å². The number of aromatic amines is 1. The average Bonchev–Trinajstić information content (AvgIpc) is 3.02. The van der Waals surface area contributed by atoms with E-state index < -0.39 is 0 Å². The first kappa shape index (κ1) is 19.4. The number of nitrogens with zero attached hydrogens (tertiary/aromatic N) is 2. The predicted octanol–water partition coefficient (Wildman–Crippen LogP) is 3.39. The number of thioether (sulfide) groups is 1. The molecule has 1 atom stereocenters. The van der Waals surface area contributed by atoms with Gasteiger partial charge in [0.15, 0.2) is 5.96 Å². The zero-order valence-corrected chi connectivity index (χ0v) is 16.2. The van der Waals surface area contributed by atoms with Crippen LogP contribution in [0.15, 0.2) is 46.4 Å². The summed E-state index contributed by atoms with van der Waals surface area (Å²) in [5.74, 6) is 0.895. The predicted molar refractivity (Wildman–Crippen MR) is 107 cm³/mol. The molecule has 0 spiro atoms. The molecule has 3 N–H and O–H groups in total. The quantitative estimate of drug-likeness (QED) is 0.278. The molecule has 2 rings (SSSR count). The zero-order chi connectivity index (χ0) is 17.9. The van der Waals surface area contributed by atoms with Crippen molar-refractivity contribution in [2.75, 3.05) is 19.6 Å². The maximum atomic E-state index is 4.72. The normalized spacial score (nSPS) is 12.8. The highest BCUT2D eigenvalue weighted by atomic mass is 32.2. The highest BCUT2D eigenvalue weighted by Crippen LogP contribution is 2.22. The second-order valence-electron chi connectivity index (χ2n) is 6.01. The van der Waals surface area contributed by atoms with Gasteiger partial charge in [-0.25, -0.2) is 0 Å². The van der Waals surface area contributed by atoms with Gasteiger partial charge in [-0.2, -0.15) is 5.10 Å². The zero-order valence-electron chi connectivity index (χ0n) is 15.4. The van der Waals surface area contributed by atoms with Crippen LogP contribution in [0.4, 0.5) is 0 Å². The van der Waals surface area contributed by atoms with E-state index in [2.05, 4.69) is 65.9 Å². The lowest BCUT2D eigenvalue weighted by Crippen LogP contribution is -2.38. The van der Waals surface area contributed by atoms with Gasteiger partial charge >= 0.3 is 0 Å². The first-order valence-electron chi connectivity index (χ1n) is 8.91. The third-order valence-electron chi connectivity index (χ3n) is 3.78. The minimum absolute atomic E-state index is 0.437. The van der Waals surface area contributed by atoms with E-state index >= 15 is 0 Å². The second kappa shape index (κ2) is 10.8. The van der Waals surface area contributed by atoms with Crippen LogP contribution in [0.25, 0.3) is 0 Å². The summed E-state index contributed by atoms with van der Waals surface area (Å²) in [6.07, 6.45) is 3.99. The highest BCUT2D eigenvalue weighted by molar-refractivity contribution is 8.00. The fourth-order valence-corrected chi connectivity index (χ4v) is 3.37. The third kappa shape index (κ3) is 7.22. The van der Waals surface area contributed by atoms with Gasteiger partial charge in [0.05, 0.1) is 12.7 Å². The molecule has 0 radical (unpaired) electrons. The second-order valence-corrected chi connectivity index (χ2v) is 7.52. The van der Waals surface area contributed by atoms with Crippen LogP contribution < -0.4 is 10.6 Å². The van der Waals surface area contributed by atoms with Crippen molar-refractivity contribution < 1.29 is 0 Å². The van der Waals surface area contributed by atoms with Crippen molar-refractivity contribution in [2.24, 2.45) is 4.99 Å². The molecule has 1 heterocycles. The van der Waals surface area contributed by atoms with Crippen molar-refractivity contribution in [1.82, 2.24) is 20.8 Å². The van der Waals surface area contributed by atoms with Crippen LogP contribution in [-0.4, -0.2) is 41.0 Å². The standard InChI is InChI=1S/C19H29N5S/c1-4-20-19(21-12-8-9-17-14-23-24-16(17)3)22-13-15(2)25-18-10-6-5-7-11-18/h5-7,10-11,14-15H,4,8-9,12-13H2,1-3H3,(H,23,24)(H2,20,21,22). The average molecular weight is 360 g/mol. The Morgan fingerprint density at radius 1 is 1.28 bits per heavy atom. The topological polar surface area (TPSA) is 65.1 Å². The van der Waals surface area contributed by atoms with Crippen molar-refractivity contribution in [3.8, 4) is 0 Å². The van der Waals surface area contributed by atoms with E-state index in [0.29, 0.717) is 5.25 Å². The van der Waals surface area contributed by atoms with Crippen LogP contribution in [0, 0.1) is 6.92 Å². The summed E-state index contributed by atoms with van der Waals surface area (Å²) in [6.45, 7) is 8.92. The van der Waals surface area contributed by atoms with Gasteiger partial charge in [0.25, 0.3) is 0 Å². The smallest absolute Gasteiger partial charge is 0.191 e. The Bertz CT molecular complexity index is 638. The number of aliphatic imine (C=N–C) groups is 1. The Hall–Kier alpha value is -1.95. The van der Waals surface area contributed by atoms with E-state index in [1.165, 1.54) is 10.5 Å². The number of hydrogen-bond acceptors (Lipinski definition) is 3. The molecule has 1 unspecified atom stereocenters. The highest BCUT2D eigenvalue weighted by Gasteiger charge is 2.05. The Kier molecular flexibility index (Phi) is 8.39. The number of H-pyrrole nitrogens is 1. The first-order valence-corrected chi connectivity index (χ1v) is 9.79. The van der Waals surface area contributed by atoms with Crippen molar-refractivity contribution in [1.29, 1.82) is 0 Å². The fourth-order valence-electron chi connectivity index (χ4n) is 2.44. The maximum Gasteiger partial charge on any atom is 0.191 e. The summed E-state index contributed by atoms with van der Waals surface area (Å²) < 4.78 is 0. The molecule has 0 aliphatic heterocycles. The lowest BCUT2D eigenvalue weighted by atomic mass is 10.1. The largest absolute Gasteiger partial charge is 0.357 e. The SMILES string of the molecule is CCNC(=NCC(C)Sc1ccccc1)NCCCc1cn[nH]c1C. The van der Waals surface area contributed by atoms with E-state index in [1.54, 1.807) is 0 Å². The number of rotatable bonds is 9. The number of hydrogen-bond donors (Lipinski definition) is 3. The minimum atomic E-state index is 0.437. The summed E-state index contributed by atoms with van der Waals surface area (Å²) in [6, 6.07) is 10.5. The van der Waals surface area contributed by atoms with Gasteiger partial charge in [-0.3, -0.25) is 10.1 Å². The van der Waals surface area contributed by atoms with Crippen LogP contribution in [0.5, 0.6) is 0 Å². The summed E-state index contributed by atoms with van der Waals surface area (Å²) in [7, 11) is 0. The molecular formula is C19H29N5S. The molecule has 25 heavy (non-hydrogen) atoms. The Labute approximate surface area is 155 Å². The van der Waals surface area contributed by atoms with Gasteiger partial charge in [-0.1, -0.05) is 25.1 Å². The molecule has 5 nitrogen and oxygen atoms in total. The van der Waals surface area contributed by atoms with Crippen molar-refractivity contribution in [3.63, 3.8) is 0 Å². The van der Waals surface area contributed by atoms with Gasteiger partial charge < -0.3 is 10.6 Å². The van der Waals surface area contributed by atoms with Crippen LogP contribution in [0.1, 0.15) is 31.5 Å². The first-order chi connectivity index (χ1) is 12.2. The molecule has 2 aromatic rings. The molecule has 0 amide bonds. The van der Waals surface area contributed by atoms with Gasteiger partial charge in [0, 0.05) is 28.9 Å². The third-order valence-corrected chi connectivity index (χ3v) is 4.88. The fraction of sp³-hybridized carbons (Fsp3) is 0.474. The Morgan fingerprint density at radius 3 is 2.76 bits per heavy atom. The number of benzene rings is 1. The molecule has 0 saturated carbocycles. The molecule has 1 aromatic carbocycles. The van der Waals surface area contributed by atoms with Crippen molar-refractivity contribution in [2.45, 2.75) is 43.8 Å². The van der Waals surface area contributed by atoms with Crippen molar-refractivity contribution in [3.05, 3.63) is 47.8 Å². The van der Waals surface area contributed by atoms with E-state index in [1.807, 2.05) is 24.0 Å². The van der Waals surface area contributed by atoms with Crippen molar-refractivity contribution >= 4 is 17.7 Å². The summed E-state index contributed by atoms with van der Waals surface area (Å²) in [5.41, 5.74) is 2.45. The molecule has 6 heteroatoms. The van der Waals surface area contributed by atoms with Gasteiger partial charge in [0.1, 0.15) is 0 Å². The summed E-state index contributed by atoms with van der Waals surface area (Å²) in [5, 5.41) is 14.2. The lowest BCUT2D eigenvalue weighted by molar-refractivity contribution is 0.741. The molecule has 0 aliphatic carbocycles. The van der Waals surface area contributed by atoms with E-state index in [9.17, 15) is 0 Å². The maximum absolute atomic E-state index is 4.72. The van der Waals surface area contributed by atoms with Crippen LogP contribution in [-0.2, 0) is 6.42 Å². The van der Waals surface area contributed by atoms with Crippen LogP contribution >= 0.6 is 11.8 Å². The minimum Gasteiger partial charge on any atom is -0.357 e. The number of guanidine groups is 1.